The summed E-state index contributed by atoms with van der Waals surface area (Å²) in [6.07, 6.45) is 0. The van der Waals surface area contributed by atoms with E-state index in [1.807, 2.05) is 17.0 Å². The van der Waals surface area contributed by atoms with E-state index in [-0.39, 0.29) is 5.91 Å². The fourth-order valence-corrected chi connectivity index (χ4v) is 4.15. The van der Waals surface area contributed by atoms with Crippen LogP contribution in [-0.2, 0) is 16.1 Å². The second-order valence-corrected chi connectivity index (χ2v) is 8.19. The Balaban J connectivity index is 1.27. The van der Waals surface area contributed by atoms with Crippen LogP contribution >= 0.6 is 23.2 Å². The molecule has 0 radical (unpaired) electrons. The number of nitrogens with zero attached hydrogens (tertiary/aromatic N) is 4. The predicted octanol–water partition coefficient (Wildman–Crippen LogP) is 2.62. The molecule has 7 nitrogen and oxygen atoms in total. The van der Waals surface area contributed by atoms with Crippen molar-refractivity contribution in [1.82, 2.24) is 19.9 Å². The number of hydrogen-bond acceptors (Lipinski definition) is 6. The van der Waals surface area contributed by atoms with E-state index in [0.29, 0.717) is 55.1 Å². The van der Waals surface area contributed by atoms with Gasteiger partial charge in [0.2, 0.25) is 5.91 Å². The van der Waals surface area contributed by atoms with Gasteiger partial charge in [-0.05, 0) is 18.2 Å². The molecule has 0 atom stereocenters. The number of benzene rings is 1. The highest BCUT2D eigenvalue weighted by Gasteiger charge is 2.23. The van der Waals surface area contributed by atoms with E-state index in [0.717, 1.165) is 37.5 Å². The third kappa shape index (κ3) is 5.29. The average molecular weight is 439 g/mol. The molecule has 0 aliphatic carbocycles. The minimum atomic E-state index is 0.196. The monoisotopic (exact) mass is 438 g/mol. The highest BCUT2D eigenvalue weighted by atomic mass is 35.5. The van der Waals surface area contributed by atoms with Crippen molar-refractivity contribution >= 4 is 29.1 Å². The maximum Gasteiger partial charge on any atom is 0.236 e. The number of aromatic nitrogens is 1. The topological polar surface area (TPSA) is 62.1 Å². The summed E-state index contributed by atoms with van der Waals surface area (Å²) >= 11 is 12.2. The molecule has 2 aliphatic heterocycles. The molecule has 2 aromatic rings. The normalized spacial score (nSPS) is 18.9. The SMILES string of the molecule is O=C(CN1CCN(Cc2cc(-c3ccc(Cl)cc3Cl)no2)CC1)N1CCOCC1. The number of morpholine rings is 1. The van der Waals surface area contributed by atoms with Gasteiger partial charge in [-0.25, -0.2) is 0 Å². The lowest BCUT2D eigenvalue weighted by Gasteiger charge is -2.35. The minimum Gasteiger partial charge on any atom is -0.378 e. The van der Waals surface area contributed by atoms with Crippen LogP contribution in [-0.4, -0.2) is 84.8 Å². The maximum atomic E-state index is 12.4. The summed E-state index contributed by atoms with van der Waals surface area (Å²) in [4.78, 5) is 18.8. The fraction of sp³-hybridized carbons (Fsp3) is 0.500. The molecule has 156 valence electrons. The first kappa shape index (κ1) is 20.6. The molecule has 0 spiro atoms. The molecule has 2 saturated heterocycles. The highest BCUT2D eigenvalue weighted by Crippen LogP contribution is 2.30. The van der Waals surface area contributed by atoms with Gasteiger partial charge in [0, 0.05) is 55.9 Å². The maximum absolute atomic E-state index is 12.4. The Labute approximate surface area is 180 Å². The number of piperazine rings is 1. The molecule has 1 amide bonds. The summed E-state index contributed by atoms with van der Waals surface area (Å²) in [5.41, 5.74) is 1.51. The number of carbonyl (C=O) groups is 1. The van der Waals surface area contributed by atoms with Crippen LogP contribution in [0.25, 0.3) is 11.3 Å². The quantitative estimate of drug-likeness (QED) is 0.714. The van der Waals surface area contributed by atoms with E-state index in [1.54, 1.807) is 12.1 Å². The Morgan fingerprint density at radius 3 is 2.45 bits per heavy atom. The van der Waals surface area contributed by atoms with Crippen LogP contribution in [0.3, 0.4) is 0 Å². The zero-order valence-corrected chi connectivity index (χ0v) is 17.7. The van der Waals surface area contributed by atoms with Crippen LogP contribution in [0, 0.1) is 0 Å². The smallest absolute Gasteiger partial charge is 0.236 e. The third-order valence-electron chi connectivity index (χ3n) is 5.33. The van der Waals surface area contributed by atoms with Crippen molar-refractivity contribution in [2.45, 2.75) is 6.54 Å². The van der Waals surface area contributed by atoms with Crippen LogP contribution in [0.5, 0.6) is 0 Å². The predicted molar refractivity (Wildman–Crippen MR) is 111 cm³/mol. The number of hydrogen-bond donors (Lipinski definition) is 0. The number of halogens is 2. The first-order valence-corrected chi connectivity index (χ1v) is 10.6. The molecule has 0 unspecified atom stereocenters. The summed E-state index contributed by atoms with van der Waals surface area (Å²) in [5, 5.41) is 5.29. The Morgan fingerprint density at radius 2 is 1.72 bits per heavy atom. The zero-order chi connectivity index (χ0) is 20.2. The van der Waals surface area contributed by atoms with Gasteiger partial charge in [-0.2, -0.15) is 0 Å². The molecule has 2 fully saturated rings. The van der Waals surface area contributed by atoms with Gasteiger partial charge >= 0.3 is 0 Å². The van der Waals surface area contributed by atoms with Crippen molar-refractivity contribution < 1.29 is 14.1 Å². The average Bonchev–Trinajstić information content (AvgIpc) is 3.18. The number of carbonyl (C=O) groups excluding carboxylic acids is 1. The Bertz CT molecular complexity index is 846. The van der Waals surface area contributed by atoms with Crippen molar-refractivity contribution in [1.29, 1.82) is 0 Å². The molecule has 0 N–H and O–H groups in total. The molecule has 1 aromatic heterocycles. The largest absolute Gasteiger partial charge is 0.378 e. The van der Waals surface area contributed by atoms with E-state index < -0.39 is 0 Å². The lowest BCUT2D eigenvalue weighted by Crippen LogP contribution is -2.51. The van der Waals surface area contributed by atoms with E-state index >= 15 is 0 Å². The molecule has 2 aliphatic rings. The summed E-state index contributed by atoms with van der Waals surface area (Å²) in [7, 11) is 0. The molecule has 29 heavy (non-hydrogen) atoms. The number of rotatable bonds is 5. The van der Waals surface area contributed by atoms with Gasteiger partial charge in [0.15, 0.2) is 5.76 Å². The first-order chi connectivity index (χ1) is 14.1. The number of amides is 1. The van der Waals surface area contributed by atoms with Crippen molar-refractivity contribution in [2.24, 2.45) is 0 Å². The molecular weight excluding hydrogens is 415 g/mol. The summed E-state index contributed by atoms with van der Waals surface area (Å²) in [5.74, 6) is 0.991. The van der Waals surface area contributed by atoms with Crippen molar-refractivity contribution in [3.8, 4) is 11.3 Å². The lowest BCUT2D eigenvalue weighted by molar-refractivity contribution is -0.136. The van der Waals surface area contributed by atoms with Gasteiger partial charge < -0.3 is 14.2 Å². The summed E-state index contributed by atoms with van der Waals surface area (Å²) < 4.78 is 10.8. The van der Waals surface area contributed by atoms with Gasteiger partial charge in [-0.15, -0.1) is 0 Å². The number of ether oxygens (including phenoxy) is 1. The second-order valence-electron chi connectivity index (χ2n) is 7.35. The van der Waals surface area contributed by atoms with Crippen molar-refractivity contribution in [2.75, 3.05) is 59.0 Å². The van der Waals surface area contributed by atoms with Crippen LogP contribution in [0.2, 0.25) is 10.0 Å². The van der Waals surface area contributed by atoms with Gasteiger partial charge in [0.25, 0.3) is 0 Å². The molecule has 3 heterocycles. The van der Waals surface area contributed by atoms with Gasteiger partial charge in [0.1, 0.15) is 5.69 Å². The van der Waals surface area contributed by atoms with Crippen LogP contribution in [0.15, 0.2) is 28.8 Å². The first-order valence-electron chi connectivity index (χ1n) is 9.80. The molecular formula is C20H24Cl2N4O3. The highest BCUT2D eigenvalue weighted by molar-refractivity contribution is 6.36. The molecule has 9 heteroatoms. The Kier molecular flexibility index (Phi) is 6.72. The van der Waals surface area contributed by atoms with Crippen LogP contribution in [0.4, 0.5) is 0 Å². The summed E-state index contributed by atoms with van der Waals surface area (Å²) in [6.45, 7) is 7.33. The minimum absolute atomic E-state index is 0.196. The fourth-order valence-electron chi connectivity index (χ4n) is 3.64. The molecule has 0 saturated carbocycles. The van der Waals surface area contributed by atoms with Crippen LogP contribution in [0.1, 0.15) is 5.76 Å². The van der Waals surface area contributed by atoms with E-state index in [2.05, 4.69) is 15.0 Å². The van der Waals surface area contributed by atoms with E-state index in [4.69, 9.17) is 32.5 Å². The standard InChI is InChI=1S/C20H24Cl2N4O3/c21-15-1-2-17(18(22)11-15)19-12-16(29-23-19)13-24-3-5-25(6-4-24)14-20(27)26-7-9-28-10-8-26/h1-2,11-12H,3-10,13-14H2. The molecule has 0 bridgehead atoms. The lowest BCUT2D eigenvalue weighted by atomic mass is 10.1. The molecule has 1 aromatic carbocycles. The van der Waals surface area contributed by atoms with Crippen LogP contribution < -0.4 is 0 Å². The third-order valence-corrected chi connectivity index (χ3v) is 5.88. The Morgan fingerprint density at radius 1 is 1.00 bits per heavy atom. The van der Waals surface area contributed by atoms with Gasteiger partial charge in [-0.3, -0.25) is 14.6 Å². The Hall–Kier alpha value is -1.64. The van der Waals surface area contributed by atoms with E-state index in [9.17, 15) is 4.79 Å². The second kappa shape index (κ2) is 9.45. The molecule has 4 rings (SSSR count). The van der Waals surface area contributed by atoms with E-state index in [1.165, 1.54) is 0 Å². The van der Waals surface area contributed by atoms with Crippen molar-refractivity contribution in [3.05, 3.63) is 40.1 Å². The van der Waals surface area contributed by atoms with Gasteiger partial charge in [0.05, 0.1) is 31.3 Å². The van der Waals surface area contributed by atoms with Gasteiger partial charge in [-0.1, -0.05) is 28.4 Å². The zero-order valence-electron chi connectivity index (χ0n) is 16.1. The van der Waals surface area contributed by atoms with Crippen molar-refractivity contribution in [3.63, 3.8) is 0 Å². The summed E-state index contributed by atoms with van der Waals surface area (Å²) in [6, 6.07) is 7.25.